The highest BCUT2D eigenvalue weighted by molar-refractivity contribution is 5.42. The lowest BCUT2D eigenvalue weighted by molar-refractivity contribution is -0.274. The largest absolute Gasteiger partial charge is 0.573 e. The Labute approximate surface area is 109 Å². The summed E-state index contributed by atoms with van der Waals surface area (Å²) in [6, 6.07) is 3.64. The maximum Gasteiger partial charge on any atom is 0.573 e. The van der Waals surface area contributed by atoms with Gasteiger partial charge >= 0.3 is 6.36 Å². The molecule has 6 heteroatoms. The van der Waals surface area contributed by atoms with Gasteiger partial charge in [-0.1, -0.05) is 12.8 Å². The highest BCUT2D eigenvalue weighted by Gasteiger charge is 2.32. The first-order chi connectivity index (χ1) is 8.89. The number of halogens is 3. The average molecular weight is 275 g/mol. The van der Waals surface area contributed by atoms with E-state index in [1.54, 1.807) is 0 Å². The van der Waals surface area contributed by atoms with Gasteiger partial charge in [0.05, 0.1) is 7.11 Å². The summed E-state index contributed by atoms with van der Waals surface area (Å²) < 4.78 is 45.6. The Morgan fingerprint density at radius 1 is 1.37 bits per heavy atom. The van der Waals surface area contributed by atoms with Gasteiger partial charge in [0, 0.05) is 11.6 Å². The lowest BCUT2D eigenvalue weighted by Crippen LogP contribution is -2.18. The smallest absolute Gasteiger partial charge is 0.496 e. The van der Waals surface area contributed by atoms with E-state index >= 15 is 0 Å². The Morgan fingerprint density at radius 2 is 2.05 bits per heavy atom. The lowest BCUT2D eigenvalue weighted by Gasteiger charge is -2.17. The summed E-state index contributed by atoms with van der Waals surface area (Å²) in [5.74, 6) is 0.795. The van der Waals surface area contributed by atoms with Crippen LogP contribution in [0.25, 0.3) is 0 Å². The van der Waals surface area contributed by atoms with Gasteiger partial charge in [-0.15, -0.1) is 13.2 Å². The van der Waals surface area contributed by atoms with E-state index in [4.69, 9.17) is 10.5 Å². The molecular weight excluding hydrogens is 259 g/mol. The van der Waals surface area contributed by atoms with Crippen molar-refractivity contribution in [2.75, 3.05) is 7.11 Å². The van der Waals surface area contributed by atoms with Gasteiger partial charge < -0.3 is 15.2 Å². The van der Waals surface area contributed by atoms with Crippen molar-refractivity contribution in [2.45, 2.75) is 31.7 Å². The van der Waals surface area contributed by atoms with Crippen LogP contribution in [0.3, 0.4) is 0 Å². The van der Waals surface area contributed by atoms with Crippen molar-refractivity contribution < 1.29 is 22.6 Å². The van der Waals surface area contributed by atoms with E-state index in [9.17, 15) is 13.2 Å². The Kier molecular flexibility index (Phi) is 3.89. The number of rotatable bonds is 5. The van der Waals surface area contributed by atoms with Crippen LogP contribution in [-0.2, 0) is 0 Å². The zero-order valence-corrected chi connectivity index (χ0v) is 10.5. The summed E-state index contributed by atoms with van der Waals surface area (Å²) >= 11 is 0. The van der Waals surface area contributed by atoms with Crippen molar-refractivity contribution in [1.82, 2.24) is 0 Å². The molecule has 19 heavy (non-hydrogen) atoms. The summed E-state index contributed by atoms with van der Waals surface area (Å²) in [4.78, 5) is 0. The van der Waals surface area contributed by atoms with Crippen molar-refractivity contribution in [3.8, 4) is 11.5 Å². The first-order valence-electron chi connectivity index (χ1n) is 6.08. The van der Waals surface area contributed by atoms with Crippen molar-refractivity contribution in [1.29, 1.82) is 0 Å². The maximum absolute atomic E-state index is 12.2. The van der Waals surface area contributed by atoms with Gasteiger partial charge in [-0.05, 0) is 30.5 Å². The third kappa shape index (κ3) is 4.02. The standard InChI is InChI=1S/C13H16F3NO2/c1-18-12-5-4-9(19-13(14,15)16)7-10(12)11(17)6-8-2-3-8/h4-5,7-8,11H,2-3,6,17H2,1H3/t11-/m1/s1. The van der Waals surface area contributed by atoms with Gasteiger partial charge in [0.1, 0.15) is 11.5 Å². The average Bonchev–Trinajstić information content (AvgIpc) is 3.10. The van der Waals surface area contributed by atoms with E-state index in [1.807, 2.05) is 0 Å². The number of methoxy groups -OCH3 is 1. The summed E-state index contributed by atoms with van der Waals surface area (Å²) in [6.45, 7) is 0. The molecule has 0 spiro atoms. The first kappa shape index (κ1) is 14.0. The van der Waals surface area contributed by atoms with Crippen LogP contribution >= 0.6 is 0 Å². The van der Waals surface area contributed by atoms with E-state index in [0.29, 0.717) is 17.2 Å². The van der Waals surface area contributed by atoms with Crippen LogP contribution in [0.1, 0.15) is 30.9 Å². The Morgan fingerprint density at radius 3 is 2.58 bits per heavy atom. The van der Waals surface area contributed by atoms with Crippen LogP contribution < -0.4 is 15.2 Å². The van der Waals surface area contributed by atoms with Gasteiger partial charge in [0.2, 0.25) is 0 Å². The number of benzene rings is 1. The monoisotopic (exact) mass is 275 g/mol. The number of ether oxygens (including phenoxy) is 2. The number of alkyl halides is 3. The molecule has 1 atom stereocenters. The summed E-state index contributed by atoms with van der Waals surface area (Å²) in [6.07, 6.45) is -1.68. The zero-order valence-electron chi connectivity index (χ0n) is 10.5. The zero-order chi connectivity index (χ0) is 14.0. The van der Waals surface area contributed by atoms with Gasteiger partial charge in [-0.25, -0.2) is 0 Å². The van der Waals surface area contributed by atoms with E-state index in [1.165, 1.54) is 25.3 Å². The highest BCUT2D eigenvalue weighted by atomic mass is 19.4. The molecule has 0 radical (unpaired) electrons. The summed E-state index contributed by atoms with van der Waals surface area (Å²) in [5, 5.41) is 0. The van der Waals surface area contributed by atoms with E-state index in [2.05, 4.69) is 4.74 Å². The fraction of sp³-hybridized carbons (Fsp3) is 0.538. The predicted octanol–water partition coefficient (Wildman–Crippen LogP) is 3.39. The summed E-state index contributed by atoms with van der Waals surface area (Å²) in [5.41, 5.74) is 6.58. The van der Waals surface area contributed by atoms with E-state index in [-0.39, 0.29) is 11.8 Å². The van der Waals surface area contributed by atoms with Crippen LogP contribution in [0, 0.1) is 5.92 Å². The van der Waals surface area contributed by atoms with Gasteiger partial charge in [0.15, 0.2) is 0 Å². The van der Waals surface area contributed by atoms with E-state index < -0.39 is 6.36 Å². The highest BCUT2D eigenvalue weighted by Crippen LogP contribution is 2.39. The Bertz CT molecular complexity index is 444. The minimum atomic E-state index is -4.70. The minimum absolute atomic E-state index is 0.269. The van der Waals surface area contributed by atoms with Crippen molar-refractivity contribution in [3.05, 3.63) is 23.8 Å². The van der Waals surface area contributed by atoms with Crippen LogP contribution in [-0.4, -0.2) is 13.5 Å². The molecule has 0 aromatic heterocycles. The molecule has 1 aliphatic carbocycles. The lowest BCUT2D eigenvalue weighted by atomic mass is 10.0. The molecule has 2 N–H and O–H groups in total. The molecule has 0 heterocycles. The second kappa shape index (κ2) is 5.28. The third-order valence-electron chi connectivity index (χ3n) is 3.12. The predicted molar refractivity (Wildman–Crippen MR) is 63.9 cm³/mol. The topological polar surface area (TPSA) is 44.5 Å². The molecule has 1 aromatic rings. The van der Waals surface area contributed by atoms with Gasteiger partial charge in [0.25, 0.3) is 0 Å². The molecule has 1 aliphatic rings. The molecule has 1 saturated carbocycles. The van der Waals surface area contributed by atoms with Crippen LogP contribution in [0.15, 0.2) is 18.2 Å². The molecule has 0 bridgehead atoms. The minimum Gasteiger partial charge on any atom is -0.496 e. The molecular formula is C13H16F3NO2. The molecule has 2 rings (SSSR count). The molecule has 0 aliphatic heterocycles. The quantitative estimate of drug-likeness (QED) is 0.895. The maximum atomic E-state index is 12.2. The molecule has 1 aromatic carbocycles. The van der Waals surface area contributed by atoms with Crippen molar-refractivity contribution in [2.24, 2.45) is 11.7 Å². The van der Waals surface area contributed by atoms with Gasteiger partial charge in [-0.3, -0.25) is 0 Å². The number of nitrogens with two attached hydrogens (primary N) is 1. The van der Waals surface area contributed by atoms with Gasteiger partial charge in [-0.2, -0.15) is 0 Å². The molecule has 3 nitrogen and oxygen atoms in total. The van der Waals surface area contributed by atoms with Crippen LogP contribution in [0.2, 0.25) is 0 Å². The second-order valence-electron chi connectivity index (χ2n) is 4.74. The first-order valence-corrected chi connectivity index (χ1v) is 6.08. The van der Waals surface area contributed by atoms with Crippen LogP contribution in [0.5, 0.6) is 11.5 Å². The van der Waals surface area contributed by atoms with Crippen LogP contribution in [0.4, 0.5) is 13.2 Å². The number of hydrogen-bond donors (Lipinski definition) is 1. The normalized spacial score (nSPS) is 17.1. The number of hydrogen-bond acceptors (Lipinski definition) is 3. The molecule has 0 amide bonds. The second-order valence-corrected chi connectivity index (χ2v) is 4.74. The molecule has 0 unspecified atom stereocenters. The fourth-order valence-corrected chi connectivity index (χ4v) is 2.04. The van der Waals surface area contributed by atoms with E-state index in [0.717, 1.165) is 19.3 Å². The SMILES string of the molecule is COc1ccc(OC(F)(F)F)cc1[C@H](N)CC1CC1. The molecule has 106 valence electrons. The Hall–Kier alpha value is -1.43. The van der Waals surface area contributed by atoms with Crippen molar-refractivity contribution >= 4 is 0 Å². The molecule has 1 fully saturated rings. The van der Waals surface area contributed by atoms with Crippen molar-refractivity contribution in [3.63, 3.8) is 0 Å². The third-order valence-corrected chi connectivity index (χ3v) is 3.12. The molecule has 0 saturated heterocycles. The Balaban J connectivity index is 2.19. The fourth-order valence-electron chi connectivity index (χ4n) is 2.04. The summed E-state index contributed by atoms with van der Waals surface area (Å²) in [7, 11) is 1.47.